The maximum absolute atomic E-state index is 12.6. The van der Waals surface area contributed by atoms with Gasteiger partial charge in [-0.3, -0.25) is 14.2 Å². The number of rotatable bonds is 9. The number of benzene rings is 3. The van der Waals surface area contributed by atoms with E-state index in [0.29, 0.717) is 22.2 Å². The smallest absolute Gasteiger partial charge is 0.234 e. The number of hydrogen-bond acceptors (Lipinski definition) is 6. The van der Waals surface area contributed by atoms with Crippen molar-refractivity contribution in [2.45, 2.75) is 25.1 Å². The monoisotopic (exact) mass is 472 g/mol. The van der Waals surface area contributed by atoms with E-state index in [4.69, 9.17) is 4.74 Å². The number of ether oxygens (including phenoxy) is 1. The SMILES string of the molecule is CC(=O)c1ccc(NC(=O)CSc2nnc([C@@H](C)Oc3ccccc3)n2-c2ccccc2)cc1. The van der Waals surface area contributed by atoms with Gasteiger partial charge in [0.2, 0.25) is 5.91 Å². The molecular formula is C26H24N4O3S. The maximum Gasteiger partial charge on any atom is 0.234 e. The van der Waals surface area contributed by atoms with Gasteiger partial charge in [-0.1, -0.05) is 48.2 Å². The summed E-state index contributed by atoms with van der Waals surface area (Å²) in [6.45, 7) is 3.43. The molecule has 0 aliphatic rings. The highest BCUT2D eigenvalue weighted by Crippen LogP contribution is 2.28. The normalized spacial score (nSPS) is 11.6. The summed E-state index contributed by atoms with van der Waals surface area (Å²) in [7, 11) is 0. The minimum atomic E-state index is -0.363. The van der Waals surface area contributed by atoms with Crippen LogP contribution in [0.3, 0.4) is 0 Å². The van der Waals surface area contributed by atoms with Crippen molar-refractivity contribution in [1.82, 2.24) is 14.8 Å². The van der Waals surface area contributed by atoms with E-state index in [1.165, 1.54) is 18.7 Å². The van der Waals surface area contributed by atoms with Gasteiger partial charge in [-0.25, -0.2) is 0 Å². The third-order valence-corrected chi connectivity index (χ3v) is 5.93. The lowest BCUT2D eigenvalue weighted by Crippen LogP contribution is -2.15. The predicted octanol–water partition coefficient (Wildman–Crippen LogP) is 5.34. The number of ketones is 1. The van der Waals surface area contributed by atoms with Gasteiger partial charge in [-0.05, 0) is 62.4 Å². The minimum Gasteiger partial charge on any atom is -0.483 e. The Hall–Kier alpha value is -3.91. The summed E-state index contributed by atoms with van der Waals surface area (Å²) < 4.78 is 7.98. The number of hydrogen-bond donors (Lipinski definition) is 1. The number of para-hydroxylation sites is 2. The Morgan fingerprint density at radius 3 is 2.24 bits per heavy atom. The highest BCUT2D eigenvalue weighted by atomic mass is 32.2. The third-order valence-electron chi connectivity index (χ3n) is 5.00. The summed E-state index contributed by atoms with van der Waals surface area (Å²) in [4.78, 5) is 24.0. The van der Waals surface area contributed by atoms with Crippen LogP contribution >= 0.6 is 11.8 Å². The second kappa shape index (κ2) is 10.8. The van der Waals surface area contributed by atoms with Crippen molar-refractivity contribution in [3.63, 3.8) is 0 Å². The van der Waals surface area contributed by atoms with Crippen molar-refractivity contribution < 1.29 is 14.3 Å². The number of nitrogens with one attached hydrogen (secondary N) is 1. The topological polar surface area (TPSA) is 86.1 Å². The highest BCUT2D eigenvalue weighted by molar-refractivity contribution is 7.99. The first-order chi connectivity index (χ1) is 16.5. The Balaban J connectivity index is 1.50. The van der Waals surface area contributed by atoms with Gasteiger partial charge in [0, 0.05) is 16.9 Å². The molecule has 0 saturated carbocycles. The average Bonchev–Trinajstić information content (AvgIpc) is 3.28. The number of thioether (sulfide) groups is 1. The van der Waals surface area contributed by atoms with Gasteiger partial charge in [0.05, 0.1) is 5.75 Å². The zero-order valence-electron chi connectivity index (χ0n) is 18.8. The number of nitrogens with zero attached hydrogens (tertiary/aromatic N) is 3. The molecule has 0 aliphatic heterocycles. The van der Waals surface area contributed by atoms with Crippen LogP contribution in [0.2, 0.25) is 0 Å². The summed E-state index contributed by atoms with van der Waals surface area (Å²) in [5.74, 6) is 1.32. The van der Waals surface area contributed by atoms with Crippen molar-refractivity contribution in [2.24, 2.45) is 0 Å². The molecule has 0 radical (unpaired) electrons. The summed E-state index contributed by atoms with van der Waals surface area (Å²) in [6.07, 6.45) is -0.363. The van der Waals surface area contributed by atoms with Gasteiger partial charge in [0.15, 0.2) is 22.9 Å². The average molecular weight is 473 g/mol. The van der Waals surface area contributed by atoms with Crippen molar-refractivity contribution in [3.8, 4) is 11.4 Å². The van der Waals surface area contributed by atoms with Gasteiger partial charge < -0.3 is 10.1 Å². The van der Waals surface area contributed by atoms with Gasteiger partial charge >= 0.3 is 0 Å². The van der Waals surface area contributed by atoms with Crippen LogP contribution in [-0.4, -0.2) is 32.2 Å². The molecule has 8 heteroatoms. The van der Waals surface area contributed by atoms with Crippen molar-refractivity contribution in [2.75, 3.05) is 11.1 Å². The van der Waals surface area contributed by atoms with Crippen molar-refractivity contribution >= 4 is 29.1 Å². The second-order valence-electron chi connectivity index (χ2n) is 7.56. The zero-order chi connectivity index (χ0) is 23.9. The molecule has 7 nitrogen and oxygen atoms in total. The van der Waals surface area contributed by atoms with Gasteiger partial charge in [-0.15, -0.1) is 10.2 Å². The Morgan fingerprint density at radius 1 is 0.941 bits per heavy atom. The van der Waals surface area contributed by atoms with E-state index >= 15 is 0 Å². The van der Waals surface area contributed by atoms with E-state index in [9.17, 15) is 9.59 Å². The minimum absolute atomic E-state index is 0.0186. The number of carbonyl (C=O) groups is 2. The molecule has 1 aromatic heterocycles. The lowest BCUT2D eigenvalue weighted by Gasteiger charge is -2.16. The molecule has 0 fully saturated rings. The molecule has 34 heavy (non-hydrogen) atoms. The summed E-state index contributed by atoms with van der Waals surface area (Å²) >= 11 is 1.29. The van der Waals surface area contributed by atoms with E-state index in [0.717, 1.165) is 11.4 Å². The molecular weight excluding hydrogens is 448 g/mol. The van der Waals surface area contributed by atoms with Crippen LogP contribution in [0, 0.1) is 0 Å². The molecule has 0 saturated heterocycles. The number of amides is 1. The van der Waals surface area contributed by atoms with Crippen LogP contribution in [0.5, 0.6) is 5.75 Å². The molecule has 1 heterocycles. The van der Waals surface area contributed by atoms with E-state index < -0.39 is 0 Å². The van der Waals surface area contributed by atoms with Crippen LogP contribution in [-0.2, 0) is 4.79 Å². The van der Waals surface area contributed by atoms with Gasteiger partial charge in [0.1, 0.15) is 5.75 Å². The standard InChI is InChI=1S/C26H24N4O3S/c1-18(31)20-13-15-21(16-14-20)27-24(32)17-34-26-29-28-25(30(26)22-9-5-3-6-10-22)19(2)33-23-11-7-4-8-12-23/h3-16,19H,17H2,1-2H3,(H,27,32)/t19-/m1/s1. The Kier molecular flexibility index (Phi) is 7.39. The van der Waals surface area contributed by atoms with E-state index in [1.54, 1.807) is 24.3 Å². The first-order valence-corrected chi connectivity index (χ1v) is 11.8. The van der Waals surface area contributed by atoms with Crippen LogP contribution in [0.15, 0.2) is 90.1 Å². The predicted molar refractivity (Wildman–Crippen MR) is 133 cm³/mol. The number of carbonyl (C=O) groups excluding carboxylic acids is 2. The van der Waals surface area contributed by atoms with E-state index in [2.05, 4.69) is 15.5 Å². The Labute approximate surface area is 202 Å². The largest absolute Gasteiger partial charge is 0.483 e. The first kappa shape index (κ1) is 23.3. The zero-order valence-corrected chi connectivity index (χ0v) is 19.7. The first-order valence-electron chi connectivity index (χ1n) is 10.8. The fourth-order valence-corrected chi connectivity index (χ4v) is 4.09. The molecule has 4 rings (SSSR count). The molecule has 0 spiro atoms. The third kappa shape index (κ3) is 5.71. The summed E-state index contributed by atoms with van der Waals surface area (Å²) in [5.41, 5.74) is 2.11. The van der Waals surface area contributed by atoms with Crippen LogP contribution in [0.1, 0.15) is 36.1 Å². The molecule has 3 aromatic carbocycles. The molecule has 0 unspecified atom stereocenters. The highest BCUT2D eigenvalue weighted by Gasteiger charge is 2.21. The lowest BCUT2D eigenvalue weighted by molar-refractivity contribution is -0.113. The van der Waals surface area contributed by atoms with Gasteiger partial charge in [0.25, 0.3) is 0 Å². The van der Waals surface area contributed by atoms with Gasteiger partial charge in [-0.2, -0.15) is 0 Å². The fourth-order valence-electron chi connectivity index (χ4n) is 3.33. The summed E-state index contributed by atoms with van der Waals surface area (Å²) in [5, 5.41) is 12.2. The molecule has 0 bridgehead atoms. The Bertz CT molecular complexity index is 1260. The van der Waals surface area contributed by atoms with Crippen molar-refractivity contribution in [3.05, 3.63) is 96.3 Å². The van der Waals surface area contributed by atoms with Crippen LogP contribution < -0.4 is 10.1 Å². The molecule has 0 aliphatic carbocycles. The molecule has 1 amide bonds. The maximum atomic E-state index is 12.6. The van der Waals surface area contributed by atoms with Crippen LogP contribution in [0.4, 0.5) is 5.69 Å². The van der Waals surface area contributed by atoms with Crippen LogP contribution in [0.25, 0.3) is 5.69 Å². The van der Waals surface area contributed by atoms with Crippen molar-refractivity contribution in [1.29, 1.82) is 0 Å². The molecule has 1 N–H and O–H groups in total. The lowest BCUT2D eigenvalue weighted by atomic mass is 10.1. The fraction of sp³-hybridized carbons (Fsp3) is 0.154. The molecule has 172 valence electrons. The Morgan fingerprint density at radius 2 is 1.59 bits per heavy atom. The number of anilines is 1. The van der Waals surface area contributed by atoms with E-state index in [1.807, 2.05) is 72.2 Å². The quantitative estimate of drug-likeness (QED) is 0.261. The van der Waals surface area contributed by atoms with E-state index in [-0.39, 0.29) is 23.5 Å². The number of Topliss-reactive ketones (excluding diaryl/α,β-unsaturated/α-hetero) is 1. The second-order valence-corrected chi connectivity index (χ2v) is 8.50. The summed E-state index contributed by atoms with van der Waals surface area (Å²) in [6, 6.07) is 26.1. The molecule has 1 atom stereocenters. The molecule has 4 aromatic rings. The number of aromatic nitrogens is 3.